The molecular weight excluding hydrogens is 388 g/mol. The number of hydrogen-bond acceptors (Lipinski definition) is 4. The summed E-state index contributed by atoms with van der Waals surface area (Å²) in [6, 6.07) is 4.30. The van der Waals surface area contributed by atoms with Crippen LogP contribution in [0.5, 0.6) is 0 Å². The monoisotopic (exact) mass is 409 g/mol. The van der Waals surface area contributed by atoms with Crippen molar-refractivity contribution in [1.82, 2.24) is 4.90 Å². The first-order valence-electron chi connectivity index (χ1n) is 8.21. The molecule has 1 aromatic carbocycles. The first-order chi connectivity index (χ1) is 11.8. The van der Waals surface area contributed by atoms with Crippen LogP contribution in [-0.4, -0.2) is 38.1 Å². The number of ether oxygens (including phenoxy) is 1. The highest BCUT2D eigenvalue weighted by molar-refractivity contribution is 8.13. The van der Waals surface area contributed by atoms with Crippen LogP contribution < -0.4 is 0 Å². The van der Waals surface area contributed by atoms with E-state index in [2.05, 4.69) is 0 Å². The molecule has 2 rings (SSSR count). The van der Waals surface area contributed by atoms with Crippen molar-refractivity contribution >= 4 is 25.8 Å². The third kappa shape index (κ3) is 5.07. The molecule has 1 heterocycles. The summed E-state index contributed by atoms with van der Waals surface area (Å²) in [6.45, 7) is 5.61. The van der Waals surface area contributed by atoms with Gasteiger partial charge in [0.15, 0.2) is 0 Å². The molecule has 0 bridgehead atoms. The van der Waals surface area contributed by atoms with Gasteiger partial charge in [-0.3, -0.25) is 0 Å². The molecule has 1 aromatic rings. The van der Waals surface area contributed by atoms with E-state index in [0.29, 0.717) is 0 Å². The Morgan fingerprint density at radius 3 is 2.08 bits per heavy atom. The van der Waals surface area contributed by atoms with E-state index in [1.54, 1.807) is 20.8 Å². The summed E-state index contributed by atoms with van der Waals surface area (Å²) >= 11 is 0. The maximum absolute atomic E-state index is 14.8. The Balaban J connectivity index is 2.04. The molecule has 1 fully saturated rings. The predicted molar refractivity (Wildman–Crippen MR) is 93.9 cm³/mol. The summed E-state index contributed by atoms with van der Waals surface area (Å²) in [6.07, 6.45) is -0.250. The smallest absolute Gasteiger partial charge is 0.410 e. The summed E-state index contributed by atoms with van der Waals surface area (Å²) in [4.78, 5) is 13.2. The number of hydrogen-bond donors (Lipinski definition) is 0. The van der Waals surface area contributed by atoms with Crippen LogP contribution in [0, 0.1) is 5.92 Å². The zero-order valence-corrected chi connectivity index (χ0v) is 16.4. The minimum atomic E-state index is -3.95. The maximum Gasteiger partial charge on any atom is 0.410 e. The van der Waals surface area contributed by atoms with Gasteiger partial charge in [0.25, 0.3) is 15.0 Å². The maximum atomic E-state index is 14.8. The van der Waals surface area contributed by atoms with E-state index in [4.69, 9.17) is 15.4 Å². The van der Waals surface area contributed by atoms with Crippen molar-refractivity contribution in [1.29, 1.82) is 0 Å². The Morgan fingerprint density at radius 2 is 1.65 bits per heavy atom. The van der Waals surface area contributed by atoms with Gasteiger partial charge in [0, 0.05) is 35.3 Å². The number of nitrogens with zero attached hydrogens (tertiary/aromatic N) is 1. The Morgan fingerprint density at radius 1 is 1.15 bits per heavy atom. The normalized spacial score (nSPS) is 17.2. The molecule has 0 radical (unpaired) electrons. The van der Waals surface area contributed by atoms with Gasteiger partial charge < -0.3 is 9.64 Å². The van der Waals surface area contributed by atoms with Gasteiger partial charge in [0.2, 0.25) is 0 Å². The van der Waals surface area contributed by atoms with E-state index in [-0.39, 0.29) is 36.4 Å². The van der Waals surface area contributed by atoms with Gasteiger partial charge in [0.1, 0.15) is 5.60 Å². The fraction of sp³-hybridized carbons (Fsp3) is 0.588. The van der Waals surface area contributed by atoms with Gasteiger partial charge in [-0.25, -0.2) is 22.0 Å². The fourth-order valence-electron chi connectivity index (χ4n) is 2.83. The molecule has 0 N–H and O–H groups in total. The van der Waals surface area contributed by atoms with Crippen LogP contribution in [0.4, 0.5) is 13.6 Å². The highest BCUT2D eigenvalue weighted by Gasteiger charge is 2.43. The van der Waals surface area contributed by atoms with Crippen LogP contribution in [0.2, 0.25) is 0 Å². The molecule has 26 heavy (non-hydrogen) atoms. The van der Waals surface area contributed by atoms with Gasteiger partial charge in [-0.2, -0.15) is 0 Å². The second-order valence-corrected chi connectivity index (χ2v) is 9.89. The number of carbonyl (C=O) groups is 1. The summed E-state index contributed by atoms with van der Waals surface area (Å²) in [5.41, 5.74) is -0.903. The zero-order valence-electron chi connectivity index (χ0n) is 14.8. The summed E-state index contributed by atoms with van der Waals surface area (Å²) in [5, 5.41) is 0. The van der Waals surface area contributed by atoms with E-state index >= 15 is 0 Å². The fourth-order valence-corrected chi connectivity index (χ4v) is 3.60. The van der Waals surface area contributed by atoms with E-state index in [1.165, 1.54) is 4.90 Å². The average Bonchev–Trinajstić information content (AvgIpc) is 2.52. The molecule has 1 amide bonds. The number of rotatable bonds is 3. The number of likely N-dealkylation sites (tertiary alicyclic amines) is 1. The molecule has 9 heteroatoms. The molecule has 0 aromatic heterocycles. The second kappa shape index (κ2) is 7.31. The highest BCUT2D eigenvalue weighted by Crippen LogP contribution is 2.41. The van der Waals surface area contributed by atoms with Crippen LogP contribution in [0.15, 0.2) is 29.2 Å². The molecule has 0 spiro atoms. The molecule has 0 saturated carbocycles. The Labute approximate surface area is 156 Å². The van der Waals surface area contributed by atoms with Gasteiger partial charge >= 0.3 is 6.09 Å². The molecule has 0 atom stereocenters. The van der Waals surface area contributed by atoms with Crippen molar-refractivity contribution in [2.45, 2.75) is 50.0 Å². The summed E-state index contributed by atoms with van der Waals surface area (Å²) in [5.74, 6) is -4.08. The van der Waals surface area contributed by atoms with E-state index in [1.807, 2.05) is 0 Å². The van der Waals surface area contributed by atoms with Crippen LogP contribution in [0.25, 0.3) is 0 Å². The zero-order chi connectivity index (χ0) is 19.8. The molecule has 1 saturated heterocycles. The topological polar surface area (TPSA) is 63.7 Å². The number of amides is 1. The quantitative estimate of drug-likeness (QED) is 0.696. The number of piperidine rings is 1. The minimum Gasteiger partial charge on any atom is -0.444 e. The largest absolute Gasteiger partial charge is 0.444 e. The molecule has 1 aliphatic rings. The summed E-state index contributed by atoms with van der Waals surface area (Å²) < 4.78 is 57.2. The van der Waals surface area contributed by atoms with Crippen LogP contribution >= 0.6 is 10.7 Å². The summed E-state index contributed by atoms with van der Waals surface area (Å²) in [7, 11) is 1.25. The molecule has 1 aliphatic heterocycles. The number of carbonyl (C=O) groups excluding carboxylic acids is 1. The lowest BCUT2D eigenvalue weighted by atomic mass is 9.86. The Hall–Kier alpha value is -1.41. The van der Waals surface area contributed by atoms with Crippen molar-refractivity contribution < 1.29 is 26.7 Å². The third-order valence-corrected chi connectivity index (χ3v) is 5.55. The first kappa shape index (κ1) is 20.9. The molecular formula is C17H22ClF2NO4S. The van der Waals surface area contributed by atoms with Crippen LogP contribution in [-0.2, 0) is 19.7 Å². The number of halogens is 3. The molecule has 0 unspecified atom stereocenters. The van der Waals surface area contributed by atoms with Crippen molar-refractivity contribution in [3.63, 3.8) is 0 Å². The Bertz CT molecular complexity index is 752. The second-order valence-electron chi connectivity index (χ2n) is 7.33. The van der Waals surface area contributed by atoms with E-state index in [0.717, 1.165) is 24.3 Å². The van der Waals surface area contributed by atoms with Gasteiger partial charge in [-0.15, -0.1) is 0 Å². The van der Waals surface area contributed by atoms with Crippen LogP contribution in [0.3, 0.4) is 0 Å². The lowest BCUT2D eigenvalue weighted by molar-refractivity contribution is -0.0861. The van der Waals surface area contributed by atoms with Gasteiger partial charge in [0.05, 0.1) is 4.90 Å². The molecule has 5 nitrogen and oxygen atoms in total. The minimum absolute atomic E-state index is 0.127. The molecule has 146 valence electrons. The van der Waals surface area contributed by atoms with Crippen molar-refractivity contribution in [3.05, 3.63) is 29.8 Å². The predicted octanol–water partition coefficient (Wildman–Crippen LogP) is 4.35. The third-order valence-electron chi connectivity index (χ3n) is 4.18. The standard InChI is InChI=1S/C17H22ClF2NO4S/c1-16(2,3)25-15(22)21-10-8-13(9-11-21)17(19,20)12-4-6-14(7-5-12)26(18,23)24/h4-7,13H,8-11H2,1-3H3. The van der Waals surface area contributed by atoms with Crippen molar-refractivity contribution in [2.24, 2.45) is 5.92 Å². The lowest BCUT2D eigenvalue weighted by Gasteiger charge is -2.36. The van der Waals surface area contributed by atoms with Gasteiger partial charge in [-0.1, -0.05) is 12.1 Å². The first-order valence-corrected chi connectivity index (χ1v) is 10.5. The SMILES string of the molecule is CC(C)(C)OC(=O)N1CCC(C(F)(F)c2ccc(S(=O)(=O)Cl)cc2)CC1. The average molecular weight is 410 g/mol. The van der Waals surface area contributed by atoms with Crippen molar-refractivity contribution in [3.8, 4) is 0 Å². The molecule has 0 aliphatic carbocycles. The van der Waals surface area contributed by atoms with E-state index in [9.17, 15) is 22.0 Å². The van der Waals surface area contributed by atoms with Gasteiger partial charge in [-0.05, 0) is 45.7 Å². The van der Waals surface area contributed by atoms with Crippen molar-refractivity contribution in [2.75, 3.05) is 13.1 Å². The Kier molecular flexibility index (Phi) is 5.87. The number of alkyl halides is 2. The highest BCUT2D eigenvalue weighted by atomic mass is 35.7. The number of benzene rings is 1. The van der Waals surface area contributed by atoms with E-state index < -0.39 is 32.6 Å². The van der Waals surface area contributed by atoms with Crippen LogP contribution in [0.1, 0.15) is 39.2 Å². The lowest BCUT2D eigenvalue weighted by Crippen LogP contribution is -2.44.